The van der Waals surface area contributed by atoms with Crippen molar-refractivity contribution in [1.29, 1.82) is 0 Å². The summed E-state index contributed by atoms with van der Waals surface area (Å²) in [6.07, 6.45) is 1.89. The van der Waals surface area contributed by atoms with Crippen molar-refractivity contribution in [2.24, 2.45) is 0 Å². The molecule has 0 saturated heterocycles. The fourth-order valence-electron chi connectivity index (χ4n) is 2.17. The highest BCUT2D eigenvalue weighted by Gasteiger charge is 2.19. The summed E-state index contributed by atoms with van der Waals surface area (Å²) in [5, 5.41) is 0. The molecule has 2 nitrogen and oxygen atoms in total. The minimum absolute atomic E-state index is 0.899. The molecule has 0 amide bonds. The summed E-state index contributed by atoms with van der Waals surface area (Å²) in [5.74, 6) is 2.08. The quantitative estimate of drug-likeness (QED) is 0.607. The summed E-state index contributed by atoms with van der Waals surface area (Å²) >= 11 is 3.67. The molecule has 0 aliphatic rings. The Bertz CT molecular complexity index is 384. The Morgan fingerprint density at radius 2 is 1.11 bits per heavy atom. The molecule has 0 bridgehead atoms. The van der Waals surface area contributed by atoms with Crippen LogP contribution in [0.1, 0.15) is 38.8 Å². The molecule has 1 rings (SSSR count). The van der Waals surface area contributed by atoms with E-state index >= 15 is 0 Å². The molecule has 0 aliphatic heterocycles. The van der Waals surface area contributed by atoms with Crippen LogP contribution in [-0.2, 0) is 12.8 Å². The van der Waals surface area contributed by atoms with Gasteiger partial charge in [-0.1, -0.05) is 27.7 Å². The van der Waals surface area contributed by atoms with Gasteiger partial charge in [-0.05, 0) is 29.9 Å². The molecule has 4 N–H and O–H groups in total. The first-order chi connectivity index (χ1) is 8.62. The van der Waals surface area contributed by atoms with Gasteiger partial charge in [0.2, 0.25) is 0 Å². The van der Waals surface area contributed by atoms with E-state index in [1.54, 1.807) is 0 Å². The van der Waals surface area contributed by atoms with Gasteiger partial charge in [0, 0.05) is 15.4 Å². The van der Waals surface area contributed by atoms with Crippen molar-refractivity contribution in [1.82, 2.24) is 0 Å². The van der Waals surface area contributed by atoms with E-state index < -0.39 is 0 Å². The van der Waals surface area contributed by atoms with Crippen LogP contribution in [-0.4, -0.2) is 11.5 Å². The lowest BCUT2D eigenvalue weighted by Crippen LogP contribution is -2.07. The average molecular weight is 284 g/mol. The number of hydrogen-bond acceptors (Lipinski definition) is 4. The average Bonchev–Trinajstić information content (AvgIpc) is 2.36. The van der Waals surface area contributed by atoms with Gasteiger partial charge in [0.25, 0.3) is 0 Å². The summed E-state index contributed by atoms with van der Waals surface area (Å²) < 4.78 is 0. The fraction of sp³-hybridized carbons (Fsp3) is 0.571. The molecule has 18 heavy (non-hydrogen) atoms. The third-order valence-corrected chi connectivity index (χ3v) is 5.06. The standard InChI is InChI=1S/C14H24N2S2/c1-5-9-11(15)13(17-7-3)10(6-2)14(12(9)16)18-8-4/h5-8,15-16H2,1-4H3. The van der Waals surface area contributed by atoms with E-state index in [-0.39, 0.29) is 0 Å². The second kappa shape index (κ2) is 7.19. The number of hydrogen-bond donors (Lipinski definition) is 2. The Labute approximate surface area is 119 Å². The van der Waals surface area contributed by atoms with Crippen molar-refractivity contribution in [2.45, 2.75) is 50.3 Å². The molecule has 102 valence electrons. The largest absolute Gasteiger partial charge is 0.398 e. The van der Waals surface area contributed by atoms with Gasteiger partial charge >= 0.3 is 0 Å². The van der Waals surface area contributed by atoms with E-state index in [0.29, 0.717) is 0 Å². The Hall–Kier alpha value is -0.480. The predicted molar refractivity (Wildman–Crippen MR) is 86.8 cm³/mol. The van der Waals surface area contributed by atoms with Gasteiger partial charge in [-0.15, -0.1) is 23.5 Å². The van der Waals surface area contributed by atoms with E-state index in [9.17, 15) is 0 Å². The number of nitrogen functional groups attached to an aromatic ring is 2. The van der Waals surface area contributed by atoms with E-state index in [2.05, 4.69) is 27.7 Å². The topological polar surface area (TPSA) is 52.0 Å². The summed E-state index contributed by atoms with van der Waals surface area (Å²) in [6, 6.07) is 0. The lowest BCUT2D eigenvalue weighted by molar-refractivity contribution is 1.00. The van der Waals surface area contributed by atoms with Gasteiger partial charge in [-0.2, -0.15) is 0 Å². The van der Waals surface area contributed by atoms with Crippen molar-refractivity contribution in [3.63, 3.8) is 0 Å². The second-order valence-electron chi connectivity index (χ2n) is 4.02. The Morgan fingerprint density at radius 1 is 0.722 bits per heavy atom. The van der Waals surface area contributed by atoms with E-state index in [0.717, 1.165) is 41.3 Å². The number of rotatable bonds is 6. The van der Waals surface area contributed by atoms with Crippen LogP contribution < -0.4 is 11.5 Å². The maximum absolute atomic E-state index is 6.31. The molecular weight excluding hydrogens is 260 g/mol. The second-order valence-corrected chi connectivity index (χ2v) is 6.56. The smallest absolute Gasteiger partial charge is 0.0509 e. The highest BCUT2D eigenvalue weighted by molar-refractivity contribution is 8.00. The lowest BCUT2D eigenvalue weighted by Gasteiger charge is -2.21. The van der Waals surface area contributed by atoms with Gasteiger partial charge in [0.05, 0.1) is 11.4 Å². The third kappa shape index (κ3) is 2.91. The number of anilines is 2. The monoisotopic (exact) mass is 284 g/mol. The Morgan fingerprint density at radius 3 is 1.39 bits per heavy atom. The highest BCUT2D eigenvalue weighted by atomic mass is 32.2. The van der Waals surface area contributed by atoms with Gasteiger partial charge in [0.15, 0.2) is 0 Å². The molecule has 0 unspecified atom stereocenters. The molecule has 0 heterocycles. The minimum Gasteiger partial charge on any atom is -0.398 e. The maximum Gasteiger partial charge on any atom is 0.0509 e. The zero-order valence-electron chi connectivity index (χ0n) is 11.8. The van der Waals surface area contributed by atoms with E-state index in [1.165, 1.54) is 15.4 Å². The summed E-state index contributed by atoms with van der Waals surface area (Å²) in [5.41, 5.74) is 16.9. The van der Waals surface area contributed by atoms with Crippen LogP contribution in [0.15, 0.2) is 9.79 Å². The minimum atomic E-state index is 0.899. The first-order valence-electron chi connectivity index (χ1n) is 6.60. The molecule has 0 fully saturated rings. The SMILES string of the molecule is CCSc1c(N)c(CC)c(N)c(SCC)c1CC. The molecule has 4 heteroatoms. The summed E-state index contributed by atoms with van der Waals surface area (Å²) in [6.45, 7) is 8.63. The van der Waals surface area contributed by atoms with Crippen molar-refractivity contribution in [3.05, 3.63) is 11.1 Å². The van der Waals surface area contributed by atoms with Crippen molar-refractivity contribution in [2.75, 3.05) is 23.0 Å². The van der Waals surface area contributed by atoms with Gasteiger partial charge < -0.3 is 11.5 Å². The first kappa shape index (κ1) is 15.6. The van der Waals surface area contributed by atoms with Crippen LogP contribution in [0.2, 0.25) is 0 Å². The van der Waals surface area contributed by atoms with Gasteiger partial charge in [-0.3, -0.25) is 0 Å². The Balaban J connectivity index is 3.52. The predicted octanol–water partition coefficient (Wildman–Crippen LogP) is 4.20. The van der Waals surface area contributed by atoms with Crippen LogP contribution in [0.3, 0.4) is 0 Å². The molecule has 0 aliphatic carbocycles. The molecular formula is C14H24N2S2. The fourth-order valence-corrected chi connectivity index (χ4v) is 4.21. The van der Waals surface area contributed by atoms with Crippen LogP contribution in [0.5, 0.6) is 0 Å². The highest BCUT2D eigenvalue weighted by Crippen LogP contribution is 2.43. The van der Waals surface area contributed by atoms with Crippen molar-refractivity contribution < 1.29 is 0 Å². The molecule has 1 aromatic carbocycles. The number of thioether (sulfide) groups is 2. The van der Waals surface area contributed by atoms with Gasteiger partial charge in [-0.25, -0.2) is 0 Å². The summed E-state index contributed by atoms with van der Waals surface area (Å²) in [7, 11) is 0. The van der Waals surface area contributed by atoms with Crippen LogP contribution in [0, 0.1) is 0 Å². The molecule has 0 spiro atoms. The molecule has 0 saturated carbocycles. The zero-order chi connectivity index (χ0) is 13.7. The van der Waals surface area contributed by atoms with E-state index in [1.807, 2.05) is 23.5 Å². The van der Waals surface area contributed by atoms with Crippen molar-refractivity contribution >= 4 is 34.9 Å². The molecule has 1 aromatic rings. The maximum atomic E-state index is 6.31. The van der Waals surface area contributed by atoms with Crippen LogP contribution in [0.25, 0.3) is 0 Å². The molecule has 0 radical (unpaired) electrons. The number of nitrogens with two attached hydrogens (primary N) is 2. The zero-order valence-corrected chi connectivity index (χ0v) is 13.4. The third-order valence-electron chi connectivity index (χ3n) is 2.97. The van der Waals surface area contributed by atoms with Crippen molar-refractivity contribution in [3.8, 4) is 0 Å². The van der Waals surface area contributed by atoms with Crippen LogP contribution in [0.4, 0.5) is 11.4 Å². The van der Waals surface area contributed by atoms with E-state index in [4.69, 9.17) is 11.5 Å². The summed E-state index contributed by atoms with van der Waals surface area (Å²) in [4.78, 5) is 2.50. The first-order valence-corrected chi connectivity index (χ1v) is 8.57. The number of benzene rings is 1. The van der Waals surface area contributed by atoms with Gasteiger partial charge in [0.1, 0.15) is 0 Å². The van der Waals surface area contributed by atoms with Crippen LogP contribution >= 0.6 is 23.5 Å². The molecule has 0 atom stereocenters. The normalized spacial score (nSPS) is 10.9. The molecule has 0 aromatic heterocycles. The lowest BCUT2D eigenvalue weighted by atomic mass is 10.0. The Kier molecular flexibility index (Phi) is 6.22.